The molecule has 1 heterocycles. The third kappa shape index (κ3) is 4.17. The monoisotopic (exact) mass is 353 g/mol. The molecule has 0 aliphatic heterocycles. The van der Waals surface area contributed by atoms with E-state index in [1.165, 1.54) is 18.0 Å². The zero-order valence-electron chi connectivity index (χ0n) is 15.1. The Bertz CT molecular complexity index is 867. The van der Waals surface area contributed by atoms with Crippen LogP contribution in [-0.4, -0.2) is 30.9 Å². The minimum atomic E-state index is -0.344. The Kier molecular flexibility index (Phi) is 5.79. The summed E-state index contributed by atoms with van der Waals surface area (Å²) in [6.45, 7) is 4.13. The quantitative estimate of drug-likeness (QED) is 0.448. The van der Waals surface area contributed by atoms with Gasteiger partial charge in [-0.3, -0.25) is 0 Å². The third-order valence-electron chi connectivity index (χ3n) is 4.14. The van der Waals surface area contributed by atoms with Crippen LogP contribution in [-0.2, 0) is 11.3 Å². The number of aromatic nitrogens is 1. The van der Waals surface area contributed by atoms with Crippen LogP contribution in [0.15, 0.2) is 54.7 Å². The van der Waals surface area contributed by atoms with E-state index in [-0.39, 0.29) is 5.97 Å². The van der Waals surface area contributed by atoms with Crippen LogP contribution in [0.3, 0.4) is 0 Å². The molecular formula is C21H23NO4. The van der Waals surface area contributed by atoms with Gasteiger partial charge in [-0.05, 0) is 61.9 Å². The van der Waals surface area contributed by atoms with Gasteiger partial charge in [0.25, 0.3) is 0 Å². The van der Waals surface area contributed by atoms with E-state index >= 15 is 0 Å². The Hall–Kier alpha value is -2.95. The normalized spacial score (nSPS) is 10.7. The van der Waals surface area contributed by atoms with Crippen molar-refractivity contribution in [1.82, 2.24) is 4.57 Å². The number of aryl methyl sites for hydroxylation is 1. The van der Waals surface area contributed by atoms with E-state index in [9.17, 15) is 4.79 Å². The number of esters is 1. The average Bonchev–Trinajstić information content (AvgIpc) is 3.07. The van der Waals surface area contributed by atoms with Crippen LogP contribution in [0.4, 0.5) is 0 Å². The molecule has 3 rings (SSSR count). The lowest BCUT2D eigenvalue weighted by Gasteiger charge is -2.09. The smallest absolute Gasteiger partial charge is 0.337 e. The molecule has 0 saturated heterocycles. The van der Waals surface area contributed by atoms with Crippen molar-refractivity contribution < 1.29 is 19.0 Å². The molecule has 5 nitrogen and oxygen atoms in total. The molecule has 0 saturated carbocycles. The van der Waals surface area contributed by atoms with Crippen molar-refractivity contribution in [3.8, 4) is 11.5 Å². The summed E-state index contributed by atoms with van der Waals surface area (Å²) >= 11 is 0. The highest BCUT2D eigenvalue weighted by Crippen LogP contribution is 2.22. The number of methoxy groups -OCH3 is 1. The summed E-state index contributed by atoms with van der Waals surface area (Å²) < 4.78 is 18.2. The molecule has 0 fully saturated rings. The van der Waals surface area contributed by atoms with Crippen molar-refractivity contribution in [2.24, 2.45) is 0 Å². The zero-order chi connectivity index (χ0) is 18.4. The second-order valence-electron chi connectivity index (χ2n) is 5.88. The molecule has 0 bridgehead atoms. The van der Waals surface area contributed by atoms with E-state index < -0.39 is 0 Å². The highest BCUT2D eigenvalue weighted by Gasteiger charge is 2.05. The standard InChI is InChI=1S/C21H23NO4/c1-3-25-19-9-10-20-17(15-19)11-13-22(20)12-4-14-26-18-7-5-16(6-8-18)21(23)24-2/h5-11,13,15H,3-4,12,14H2,1-2H3. The largest absolute Gasteiger partial charge is 0.494 e. The number of hydrogen-bond acceptors (Lipinski definition) is 4. The first kappa shape index (κ1) is 17.9. The summed E-state index contributed by atoms with van der Waals surface area (Å²) in [4.78, 5) is 11.4. The maximum absolute atomic E-state index is 11.4. The Morgan fingerprint density at radius 1 is 1.00 bits per heavy atom. The van der Waals surface area contributed by atoms with Gasteiger partial charge in [0, 0.05) is 23.6 Å². The number of carbonyl (C=O) groups excluding carboxylic acids is 1. The van der Waals surface area contributed by atoms with Crippen LogP contribution in [0.1, 0.15) is 23.7 Å². The summed E-state index contributed by atoms with van der Waals surface area (Å²) in [7, 11) is 1.37. The Morgan fingerprint density at radius 3 is 2.50 bits per heavy atom. The summed E-state index contributed by atoms with van der Waals surface area (Å²) in [5.41, 5.74) is 1.71. The predicted molar refractivity (Wildman–Crippen MR) is 101 cm³/mol. The van der Waals surface area contributed by atoms with E-state index in [1.807, 2.05) is 13.0 Å². The molecule has 0 N–H and O–H groups in total. The number of ether oxygens (including phenoxy) is 3. The number of hydrogen-bond donors (Lipinski definition) is 0. The van der Waals surface area contributed by atoms with Gasteiger partial charge in [0.05, 0.1) is 25.9 Å². The third-order valence-corrected chi connectivity index (χ3v) is 4.14. The summed E-state index contributed by atoms with van der Waals surface area (Å²) in [5.74, 6) is 1.30. The molecule has 0 aliphatic carbocycles. The maximum Gasteiger partial charge on any atom is 0.337 e. The summed E-state index contributed by atoms with van der Waals surface area (Å²) in [6, 6.07) is 15.2. The summed E-state index contributed by atoms with van der Waals surface area (Å²) in [5, 5.41) is 1.18. The highest BCUT2D eigenvalue weighted by molar-refractivity contribution is 5.89. The Labute approximate surface area is 153 Å². The molecule has 0 spiro atoms. The van der Waals surface area contributed by atoms with Gasteiger partial charge in [0.15, 0.2) is 0 Å². The van der Waals surface area contributed by atoms with Crippen molar-refractivity contribution in [2.45, 2.75) is 19.9 Å². The molecular weight excluding hydrogens is 330 g/mol. The number of benzene rings is 2. The van der Waals surface area contributed by atoms with Gasteiger partial charge in [-0.2, -0.15) is 0 Å². The average molecular weight is 353 g/mol. The van der Waals surface area contributed by atoms with Crippen LogP contribution >= 0.6 is 0 Å². The van der Waals surface area contributed by atoms with E-state index in [4.69, 9.17) is 9.47 Å². The molecule has 0 unspecified atom stereocenters. The van der Waals surface area contributed by atoms with E-state index in [0.717, 1.165) is 24.5 Å². The van der Waals surface area contributed by atoms with E-state index in [2.05, 4.69) is 33.7 Å². The molecule has 136 valence electrons. The van der Waals surface area contributed by atoms with Crippen molar-refractivity contribution >= 4 is 16.9 Å². The number of rotatable bonds is 8. The molecule has 0 radical (unpaired) electrons. The SMILES string of the molecule is CCOc1ccc2c(ccn2CCCOc2ccc(C(=O)OC)cc2)c1. The molecule has 26 heavy (non-hydrogen) atoms. The molecule has 0 amide bonds. The van der Waals surface area contributed by atoms with E-state index in [0.29, 0.717) is 18.8 Å². The first-order chi connectivity index (χ1) is 12.7. The van der Waals surface area contributed by atoms with Crippen molar-refractivity contribution in [3.63, 3.8) is 0 Å². The second kappa shape index (κ2) is 8.43. The lowest BCUT2D eigenvalue weighted by atomic mass is 10.2. The molecule has 0 atom stereocenters. The van der Waals surface area contributed by atoms with Crippen LogP contribution in [0.5, 0.6) is 11.5 Å². The zero-order valence-corrected chi connectivity index (χ0v) is 15.1. The Balaban J connectivity index is 1.52. The van der Waals surface area contributed by atoms with Crippen LogP contribution in [0.25, 0.3) is 10.9 Å². The topological polar surface area (TPSA) is 49.7 Å². The lowest BCUT2D eigenvalue weighted by molar-refractivity contribution is 0.0600. The molecule has 1 aromatic heterocycles. The van der Waals surface area contributed by atoms with Crippen molar-refractivity contribution in [2.75, 3.05) is 20.3 Å². The van der Waals surface area contributed by atoms with Gasteiger partial charge in [-0.1, -0.05) is 0 Å². The van der Waals surface area contributed by atoms with Crippen molar-refractivity contribution in [3.05, 3.63) is 60.3 Å². The molecule has 5 heteroatoms. The van der Waals surface area contributed by atoms with E-state index in [1.54, 1.807) is 24.3 Å². The highest BCUT2D eigenvalue weighted by atomic mass is 16.5. The fourth-order valence-electron chi connectivity index (χ4n) is 2.86. The first-order valence-corrected chi connectivity index (χ1v) is 8.74. The van der Waals surface area contributed by atoms with Gasteiger partial charge in [-0.25, -0.2) is 4.79 Å². The summed E-state index contributed by atoms with van der Waals surface area (Å²) in [6.07, 6.45) is 2.97. The maximum atomic E-state index is 11.4. The number of carbonyl (C=O) groups is 1. The second-order valence-corrected chi connectivity index (χ2v) is 5.88. The molecule has 3 aromatic rings. The fourth-order valence-corrected chi connectivity index (χ4v) is 2.86. The van der Waals surface area contributed by atoms with Crippen molar-refractivity contribution in [1.29, 1.82) is 0 Å². The van der Waals surface area contributed by atoms with Gasteiger partial charge >= 0.3 is 5.97 Å². The van der Waals surface area contributed by atoms with Crippen LogP contribution in [0.2, 0.25) is 0 Å². The first-order valence-electron chi connectivity index (χ1n) is 8.74. The van der Waals surface area contributed by atoms with Gasteiger partial charge in [0.2, 0.25) is 0 Å². The fraction of sp³-hybridized carbons (Fsp3) is 0.286. The minimum Gasteiger partial charge on any atom is -0.494 e. The number of fused-ring (bicyclic) bond motifs is 1. The van der Waals surface area contributed by atoms with Gasteiger partial charge in [0.1, 0.15) is 11.5 Å². The van der Waals surface area contributed by atoms with Gasteiger partial charge < -0.3 is 18.8 Å². The number of nitrogens with zero attached hydrogens (tertiary/aromatic N) is 1. The lowest BCUT2D eigenvalue weighted by Crippen LogP contribution is -2.04. The van der Waals surface area contributed by atoms with Gasteiger partial charge in [-0.15, -0.1) is 0 Å². The predicted octanol–water partition coefficient (Wildman–Crippen LogP) is 4.30. The molecule has 2 aromatic carbocycles. The minimum absolute atomic E-state index is 0.344. The van der Waals surface area contributed by atoms with Crippen LogP contribution < -0.4 is 9.47 Å². The Morgan fingerprint density at radius 2 is 1.77 bits per heavy atom. The molecule has 0 aliphatic rings. The van der Waals surface area contributed by atoms with Crippen LogP contribution in [0, 0.1) is 0 Å².